The highest BCUT2D eigenvalue weighted by Crippen LogP contribution is 2.51. The van der Waals surface area contributed by atoms with Gasteiger partial charge < -0.3 is 0 Å². The summed E-state index contributed by atoms with van der Waals surface area (Å²) in [6.45, 7) is 5.54. The molecule has 74 valence electrons. The third-order valence-electron chi connectivity index (χ3n) is 2.42. The SMILES string of the molecule is CC1=C(Cl)C(=O)C(Cl)(Cl)C(C)(C)C1. The molecule has 0 atom stereocenters. The van der Waals surface area contributed by atoms with Gasteiger partial charge in [0.25, 0.3) is 0 Å². The number of hydrogen-bond acceptors (Lipinski definition) is 1. The first kappa shape index (κ1) is 11.4. The zero-order chi connectivity index (χ0) is 10.4. The second kappa shape index (κ2) is 3.15. The van der Waals surface area contributed by atoms with Crippen molar-refractivity contribution in [2.45, 2.75) is 31.5 Å². The van der Waals surface area contributed by atoms with Crippen molar-refractivity contribution in [1.29, 1.82) is 0 Å². The minimum absolute atomic E-state index is 0.185. The molecule has 1 aliphatic carbocycles. The largest absolute Gasteiger partial charge is 0.290 e. The molecule has 0 bridgehead atoms. The molecule has 0 aromatic rings. The van der Waals surface area contributed by atoms with Crippen LogP contribution in [0.25, 0.3) is 0 Å². The molecule has 1 rings (SSSR count). The molecule has 0 fully saturated rings. The molecule has 1 aliphatic rings. The van der Waals surface area contributed by atoms with Crippen LogP contribution < -0.4 is 0 Å². The second-order valence-corrected chi connectivity index (χ2v) is 5.76. The summed E-state index contributed by atoms with van der Waals surface area (Å²) in [5.41, 5.74) is 0.393. The first-order valence-electron chi connectivity index (χ1n) is 3.98. The second-order valence-electron chi connectivity index (χ2n) is 4.06. The van der Waals surface area contributed by atoms with Crippen molar-refractivity contribution in [2.24, 2.45) is 5.41 Å². The monoisotopic (exact) mass is 240 g/mol. The Kier molecular flexibility index (Phi) is 2.75. The van der Waals surface area contributed by atoms with Gasteiger partial charge in [-0.2, -0.15) is 0 Å². The Morgan fingerprint density at radius 2 is 1.77 bits per heavy atom. The van der Waals surface area contributed by atoms with Crippen molar-refractivity contribution < 1.29 is 4.79 Å². The van der Waals surface area contributed by atoms with Crippen molar-refractivity contribution in [2.75, 3.05) is 0 Å². The van der Waals surface area contributed by atoms with Crippen LogP contribution in [0.15, 0.2) is 10.6 Å². The number of halogens is 3. The van der Waals surface area contributed by atoms with Gasteiger partial charge in [0.05, 0.1) is 5.03 Å². The molecular weight excluding hydrogens is 230 g/mol. The summed E-state index contributed by atoms with van der Waals surface area (Å²) in [5.74, 6) is -0.383. The maximum absolute atomic E-state index is 11.6. The fourth-order valence-electron chi connectivity index (χ4n) is 1.49. The van der Waals surface area contributed by atoms with E-state index < -0.39 is 9.75 Å². The predicted octanol–water partition coefficient (Wildman–Crippen LogP) is 3.67. The van der Waals surface area contributed by atoms with Crippen LogP contribution in [0.4, 0.5) is 0 Å². The van der Waals surface area contributed by atoms with Crippen molar-refractivity contribution in [1.82, 2.24) is 0 Å². The normalized spacial score (nSPS) is 26.5. The third-order valence-corrected chi connectivity index (χ3v) is 4.28. The Labute approximate surface area is 93.0 Å². The molecule has 4 heteroatoms. The molecule has 0 aromatic heterocycles. The molecule has 0 amide bonds. The Hall–Kier alpha value is 0.280. The van der Waals surface area contributed by atoms with Gasteiger partial charge in [0, 0.05) is 5.41 Å². The Bertz CT molecular complexity index is 289. The Morgan fingerprint density at radius 1 is 1.31 bits per heavy atom. The van der Waals surface area contributed by atoms with Gasteiger partial charge >= 0.3 is 0 Å². The summed E-state index contributed by atoms with van der Waals surface area (Å²) in [6, 6.07) is 0. The van der Waals surface area contributed by atoms with Crippen LogP contribution in [-0.4, -0.2) is 10.1 Å². The van der Waals surface area contributed by atoms with Gasteiger partial charge in [-0.3, -0.25) is 4.79 Å². The van der Waals surface area contributed by atoms with E-state index >= 15 is 0 Å². The van der Waals surface area contributed by atoms with Crippen molar-refractivity contribution in [3.8, 4) is 0 Å². The van der Waals surface area contributed by atoms with Gasteiger partial charge in [0.2, 0.25) is 5.78 Å². The number of ketones is 1. The molecule has 0 aromatic carbocycles. The zero-order valence-corrected chi connectivity index (χ0v) is 10.0. The van der Waals surface area contributed by atoms with Crippen LogP contribution in [0, 0.1) is 5.41 Å². The lowest BCUT2D eigenvalue weighted by molar-refractivity contribution is -0.118. The maximum Gasteiger partial charge on any atom is 0.210 e. The van der Waals surface area contributed by atoms with E-state index in [0.29, 0.717) is 6.42 Å². The number of rotatable bonds is 0. The lowest BCUT2D eigenvalue weighted by atomic mass is 9.76. The highest BCUT2D eigenvalue weighted by atomic mass is 35.5. The van der Waals surface area contributed by atoms with Gasteiger partial charge in [-0.1, -0.05) is 54.2 Å². The summed E-state index contributed by atoms with van der Waals surface area (Å²) in [4.78, 5) is 11.6. The van der Waals surface area contributed by atoms with E-state index in [1.54, 1.807) is 0 Å². The molecule has 0 spiro atoms. The summed E-state index contributed by atoms with van der Waals surface area (Å²) in [5, 5.41) is 0.185. The fraction of sp³-hybridized carbons (Fsp3) is 0.667. The van der Waals surface area contributed by atoms with Gasteiger partial charge in [0.15, 0.2) is 4.33 Å². The smallest absolute Gasteiger partial charge is 0.210 e. The zero-order valence-electron chi connectivity index (χ0n) is 7.75. The molecule has 0 saturated heterocycles. The van der Waals surface area contributed by atoms with Crippen molar-refractivity contribution in [3.63, 3.8) is 0 Å². The number of hydrogen-bond donors (Lipinski definition) is 0. The van der Waals surface area contributed by atoms with Crippen LogP contribution >= 0.6 is 34.8 Å². The quantitative estimate of drug-likeness (QED) is 0.592. The van der Waals surface area contributed by atoms with Crippen LogP contribution in [0.2, 0.25) is 0 Å². The summed E-state index contributed by atoms with van der Waals surface area (Å²) < 4.78 is -1.40. The number of allylic oxidation sites excluding steroid dienone is 2. The molecule has 0 radical (unpaired) electrons. The number of carbonyl (C=O) groups is 1. The molecule has 0 aliphatic heterocycles. The highest BCUT2D eigenvalue weighted by Gasteiger charge is 2.52. The first-order valence-corrected chi connectivity index (χ1v) is 5.11. The van der Waals surface area contributed by atoms with Crippen LogP contribution in [-0.2, 0) is 4.79 Å². The van der Waals surface area contributed by atoms with Crippen molar-refractivity contribution >= 4 is 40.6 Å². The molecule has 1 nitrogen and oxygen atoms in total. The van der Waals surface area contributed by atoms with Gasteiger partial charge in [-0.05, 0) is 13.3 Å². The lowest BCUT2D eigenvalue weighted by Crippen LogP contribution is -2.45. The Balaban J connectivity index is 3.25. The average molecular weight is 242 g/mol. The number of carbonyl (C=O) groups excluding carboxylic acids is 1. The van der Waals surface area contributed by atoms with Gasteiger partial charge in [-0.25, -0.2) is 0 Å². The third kappa shape index (κ3) is 1.62. The standard InChI is InChI=1S/C9H11Cl3O/c1-5-4-8(2,3)9(11,12)7(13)6(5)10/h4H2,1-3H3. The molecule has 0 heterocycles. The molecular formula is C9H11Cl3O. The van der Waals surface area contributed by atoms with E-state index in [9.17, 15) is 4.79 Å². The molecule has 0 saturated carbocycles. The highest BCUT2D eigenvalue weighted by molar-refractivity contribution is 6.64. The summed E-state index contributed by atoms with van der Waals surface area (Å²) >= 11 is 17.7. The average Bonchev–Trinajstić information content (AvgIpc) is 1.98. The van der Waals surface area contributed by atoms with E-state index in [1.165, 1.54) is 0 Å². The van der Waals surface area contributed by atoms with E-state index in [4.69, 9.17) is 34.8 Å². The van der Waals surface area contributed by atoms with Crippen LogP contribution in [0.3, 0.4) is 0 Å². The van der Waals surface area contributed by atoms with E-state index in [2.05, 4.69) is 0 Å². The maximum atomic E-state index is 11.6. The minimum Gasteiger partial charge on any atom is -0.290 e. The summed E-state index contributed by atoms with van der Waals surface area (Å²) in [7, 11) is 0. The molecule has 13 heavy (non-hydrogen) atoms. The predicted molar refractivity (Wildman–Crippen MR) is 56.4 cm³/mol. The Morgan fingerprint density at radius 3 is 2.23 bits per heavy atom. The molecule has 0 unspecified atom stereocenters. The van der Waals surface area contributed by atoms with Crippen LogP contribution in [0.5, 0.6) is 0 Å². The van der Waals surface area contributed by atoms with Gasteiger partial charge in [-0.15, -0.1) is 0 Å². The minimum atomic E-state index is -1.40. The number of Topliss-reactive ketones (excluding diaryl/α,β-unsaturated/α-hetero) is 1. The first-order chi connectivity index (χ1) is 5.70. The van der Waals surface area contributed by atoms with E-state index in [1.807, 2.05) is 20.8 Å². The van der Waals surface area contributed by atoms with E-state index in [0.717, 1.165) is 5.57 Å². The van der Waals surface area contributed by atoms with Gasteiger partial charge in [0.1, 0.15) is 0 Å². The molecule has 0 N–H and O–H groups in total. The lowest BCUT2D eigenvalue weighted by Gasteiger charge is -2.39. The number of alkyl halides is 2. The van der Waals surface area contributed by atoms with Crippen molar-refractivity contribution in [3.05, 3.63) is 10.6 Å². The van der Waals surface area contributed by atoms with E-state index in [-0.39, 0.29) is 10.8 Å². The summed E-state index contributed by atoms with van der Waals surface area (Å²) in [6.07, 6.45) is 0.643. The topological polar surface area (TPSA) is 17.1 Å². The fourth-order valence-corrected chi connectivity index (χ4v) is 2.12. The van der Waals surface area contributed by atoms with Crippen LogP contribution in [0.1, 0.15) is 27.2 Å².